The zero-order valence-corrected chi connectivity index (χ0v) is 15.8. The lowest BCUT2D eigenvalue weighted by molar-refractivity contribution is 0.0725. The summed E-state index contributed by atoms with van der Waals surface area (Å²) in [6.07, 6.45) is 3.84. The van der Waals surface area contributed by atoms with Crippen LogP contribution in [0.15, 0.2) is 24.3 Å². The molecule has 0 radical (unpaired) electrons. The van der Waals surface area contributed by atoms with Gasteiger partial charge in [-0.3, -0.25) is 4.90 Å². The van der Waals surface area contributed by atoms with Gasteiger partial charge in [0.05, 0.1) is 0 Å². The summed E-state index contributed by atoms with van der Waals surface area (Å²) in [6.45, 7) is 14.1. The molecule has 0 spiro atoms. The molecule has 2 fully saturated rings. The highest BCUT2D eigenvalue weighted by atomic mass is 15.3. The van der Waals surface area contributed by atoms with E-state index in [4.69, 9.17) is 0 Å². The topological polar surface area (TPSA) is 18.5 Å². The zero-order chi connectivity index (χ0) is 16.9. The van der Waals surface area contributed by atoms with E-state index in [-0.39, 0.29) is 0 Å². The lowest BCUT2D eigenvalue weighted by atomic mass is 9.96. The van der Waals surface area contributed by atoms with E-state index < -0.39 is 0 Å². The predicted octanol–water partition coefficient (Wildman–Crippen LogP) is 3.32. The Labute approximate surface area is 148 Å². The number of aryl methyl sites for hydroxylation is 1. The number of piperazine rings is 1. The van der Waals surface area contributed by atoms with Crippen molar-refractivity contribution in [1.29, 1.82) is 0 Å². The maximum absolute atomic E-state index is 3.54. The van der Waals surface area contributed by atoms with Crippen molar-refractivity contribution in [1.82, 2.24) is 15.1 Å². The van der Waals surface area contributed by atoms with Crippen LogP contribution in [-0.4, -0.2) is 55.1 Å². The average molecular weight is 330 g/mol. The molecular formula is C21H35N3. The summed E-state index contributed by atoms with van der Waals surface area (Å²) in [5, 5.41) is 3.54. The average Bonchev–Trinajstić information content (AvgIpc) is 2.62. The van der Waals surface area contributed by atoms with Crippen LogP contribution in [0.4, 0.5) is 0 Å². The summed E-state index contributed by atoms with van der Waals surface area (Å²) in [5.41, 5.74) is 2.94. The van der Waals surface area contributed by atoms with Crippen LogP contribution in [0.5, 0.6) is 0 Å². The van der Waals surface area contributed by atoms with Crippen LogP contribution < -0.4 is 5.32 Å². The molecular weight excluding hydrogens is 294 g/mol. The van der Waals surface area contributed by atoms with Gasteiger partial charge in [0.25, 0.3) is 0 Å². The smallest absolute Gasteiger partial charge is 0.0479 e. The lowest BCUT2D eigenvalue weighted by Gasteiger charge is -2.43. The summed E-state index contributed by atoms with van der Waals surface area (Å²) in [7, 11) is 0. The van der Waals surface area contributed by atoms with Gasteiger partial charge in [0, 0.05) is 38.3 Å². The molecule has 2 heterocycles. The summed E-state index contributed by atoms with van der Waals surface area (Å²) in [6, 6.07) is 10.6. The van der Waals surface area contributed by atoms with E-state index in [2.05, 4.69) is 60.2 Å². The number of benzene rings is 1. The van der Waals surface area contributed by atoms with Gasteiger partial charge in [-0.25, -0.2) is 0 Å². The fourth-order valence-corrected chi connectivity index (χ4v) is 4.19. The molecule has 134 valence electrons. The first kappa shape index (κ1) is 17.9. The van der Waals surface area contributed by atoms with E-state index in [1.165, 1.54) is 43.6 Å². The molecule has 3 rings (SSSR count). The number of nitrogens with zero attached hydrogens (tertiary/aromatic N) is 2. The molecule has 1 N–H and O–H groups in total. The number of rotatable bonds is 5. The minimum atomic E-state index is 0.529. The van der Waals surface area contributed by atoms with Gasteiger partial charge in [0.1, 0.15) is 0 Å². The van der Waals surface area contributed by atoms with E-state index in [0.717, 1.165) is 32.0 Å². The van der Waals surface area contributed by atoms with Crippen molar-refractivity contribution in [2.45, 2.75) is 52.1 Å². The van der Waals surface area contributed by atoms with Crippen LogP contribution in [-0.2, 0) is 6.42 Å². The Morgan fingerprint density at radius 1 is 1.08 bits per heavy atom. The number of hydrogen-bond acceptors (Lipinski definition) is 3. The molecule has 1 aromatic rings. The standard InChI is InChI=1S/C21H35N3/c1-4-19-5-7-20(8-6-19)21(24-14-11-22-15-18(24)3)16-23-12-9-17(2)10-13-23/h5-8,17-18,21-22H,4,9-16H2,1-3H3. The normalized spacial score (nSPS) is 25.7. The van der Waals surface area contributed by atoms with Crippen LogP contribution in [0.2, 0.25) is 0 Å². The van der Waals surface area contributed by atoms with Crippen molar-refractivity contribution in [3.8, 4) is 0 Å². The second-order valence-corrected chi connectivity index (χ2v) is 7.89. The highest BCUT2D eigenvalue weighted by Crippen LogP contribution is 2.27. The van der Waals surface area contributed by atoms with Crippen LogP contribution >= 0.6 is 0 Å². The Morgan fingerprint density at radius 3 is 2.42 bits per heavy atom. The fraction of sp³-hybridized carbons (Fsp3) is 0.714. The van der Waals surface area contributed by atoms with Gasteiger partial charge in [0.2, 0.25) is 0 Å². The Balaban J connectivity index is 1.76. The van der Waals surface area contributed by atoms with Crippen molar-refractivity contribution >= 4 is 0 Å². The number of nitrogens with one attached hydrogen (secondary N) is 1. The van der Waals surface area contributed by atoms with Crippen molar-refractivity contribution < 1.29 is 0 Å². The fourth-order valence-electron chi connectivity index (χ4n) is 4.19. The number of hydrogen-bond donors (Lipinski definition) is 1. The molecule has 3 nitrogen and oxygen atoms in total. The van der Waals surface area contributed by atoms with Gasteiger partial charge in [-0.05, 0) is 56.3 Å². The van der Waals surface area contributed by atoms with Crippen LogP contribution in [0.25, 0.3) is 0 Å². The van der Waals surface area contributed by atoms with Gasteiger partial charge in [-0.2, -0.15) is 0 Å². The SMILES string of the molecule is CCc1ccc(C(CN2CCC(C)CC2)N2CCNCC2C)cc1. The van der Waals surface area contributed by atoms with Crippen molar-refractivity contribution in [2.24, 2.45) is 5.92 Å². The van der Waals surface area contributed by atoms with Crippen molar-refractivity contribution in [3.05, 3.63) is 35.4 Å². The maximum atomic E-state index is 3.54. The van der Waals surface area contributed by atoms with E-state index in [9.17, 15) is 0 Å². The molecule has 0 saturated carbocycles. The third-order valence-electron chi connectivity index (χ3n) is 6.03. The van der Waals surface area contributed by atoms with Gasteiger partial charge in [-0.15, -0.1) is 0 Å². The molecule has 24 heavy (non-hydrogen) atoms. The summed E-state index contributed by atoms with van der Waals surface area (Å²) < 4.78 is 0. The summed E-state index contributed by atoms with van der Waals surface area (Å²) >= 11 is 0. The molecule has 1 aromatic carbocycles. The quantitative estimate of drug-likeness (QED) is 0.894. The second kappa shape index (κ2) is 8.46. The minimum Gasteiger partial charge on any atom is -0.314 e. The van der Waals surface area contributed by atoms with E-state index in [0.29, 0.717) is 12.1 Å². The Kier molecular flexibility index (Phi) is 6.31. The molecule has 2 aliphatic rings. The second-order valence-electron chi connectivity index (χ2n) is 7.89. The molecule has 0 amide bonds. The minimum absolute atomic E-state index is 0.529. The highest BCUT2D eigenvalue weighted by Gasteiger charge is 2.29. The largest absolute Gasteiger partial charge is 0.314 e. The molecule has 0 aromatic heterocycles. The van der Waals surface area contributed by atoms with E-state index in [1.807, 2.05) is 0 Å². The zero-order valence-electron chi connectivity index (χ0n) is 15.8. The first-order valence-electron chi connectivity index (χ1n) is 9.95. The number of piperidine rings is 1. The predicted molar refractivity (Wildman–Crippen MR) is 102 cm³/mol. The first-order chi connectivity index (χ1) is 11.7. The Bertz CT molecular complexity index is 490. The molecule has 2 aliphatic heterocycles. The first-order valence-corrected chi connectivity index (χ1v) is 9.95. The van der Waals surface area contributed by atoms with Gasteiger partial charge in [-0.1, -0.05) is 38.1 Å². The highest BCUT2D eigenvalue weighted by molar-refractivity contribution is 5.26. The van der Waals surface area contributed by atoms with Crippen molar-refractivity contribution in [2.75, 3.05) is 39.3 Å². The lowest BCUT2D eigenvalue weighted by Crippen LogP contribution is -2.53. The van der Waals surface area contributed by atoms with Gasteiger partial charge in [0.15, 0.2) is 0 Å². The van der Waals surface area contributed by atoms with Gasteiger partial charge >= 0.3 is 0 Å². The van der Waals surface area contributed by atoms with Crippen LogP contribution in [0.3, 0.4) is 0 Å². The molecule has 0 bridgehead atoms. The number of likely N-dealkylation sites (tertiary alicyclic amines) is 1. The Hall–Kier alpha value is -0.900. The van der Waals surface area contributed by atoms with E-state index >= 15 is 0 Å². The Morgan fingerprint density at radius 2 is 1.79 bits per heavy atom. The molecule has 2 unspecified atom stereocenters. The van der Waals surface area contributed by atoms with Crippen LogP contribution in [0, 0.1) is 5.92 Å². The molecule has 2 saturated heterocycles. The molecule has 2 atom stereocenters. The maximum Gasteiger partial charge on any atom is 0.0479 e. The van der Waals surface area contributed by atoms with Gasteiger partial charge < -0.3 is 10.2 Å². The third kappa shape index (κ3) is 4.38. The van der Waals surface area contributed by atoms with Crippen molar-refractivity contribution in [3.63, 3.8) is 0 Å². The van der Waals surface area contributed by atoms with Crippen LogP contribution in [0.1, 0.15) is 50.8 Å². The monoisotopic (exact) mass is 329 g/mol. The summed E-state index contributed by atoms with van der Waals surface area (Å²) in [4.78, 5) is 5.43. The molecule has 0 aliphatic carbocycles. The summed E-state index contributed by atoms with van der Waals surface area (Å²) in [5.74, 6) is 0.904. The molecule has 3 heteroatoms. The van der Waals surface area contributed by atoms with E-state index in [1.54, 1.807) is 0 Å². The third-order valence-corrected chi connectivity index (χ3v) is 6.03.